The molecule has 2 bridgehead atoms. The van der Waals surface area contributed by atoms with Gasteiger partial charge < -0.3 is 4.74 Å². The number of nitrogens with zero attached hydrogens (tertiary/aromatic N) is 1. The summed E-state index contributed by atoms with van der Waals surface area (Å²) in [4.78, 5) is 52.7. The summed E-state index contributed by atoms with van der Waals surface area (Å²) in [6, 6.07) is 4.36. The van der Waals surface area contributed by atoms with Crippen molar-refractivity contribution in [2.75, 3.05) is 6.61 Å². The first kappa shape index (κ1) is 20.8. The van der Waals surface area contributed by atoms with E-state index in [4.69, 9.17) is 4.74 Å². The number of likely N-dealkylation sites (tertiary alicyclic amines) is 1. The van der Waals surface area contributed by atoms with Gasteiger partial charge in [-0.25, -0.2) is 4.79 Å². The lowest BCUT2D eigenvalue weighted by molar-refractivity contribution is -0.160. The van der Waals surface area contributed by atoms with Crippen molar-refractivity contribution in [3.63, 3.8) is 0 Å². The van der Waals surface area contributed by atoms with Crippen LogP contribution in [0, 0.1) is 43.4 Å². The van der Waals surface area contributed by atoms with Gasteiger partial charge >= 0.3 is 5.97 Å². The van der Waals surface area contributed by atoms with E-state index in [-0.39, 0.29) is 47.2 Å². The zero-order valence-corrected chi connectivity index (χ0v) is 18.0. The molecule has 6 heteroatoms. The number of Topliss-reactive ketones (excluding diaryl/α,β-unsaturated/α-hetero) is 1. The van der Waals surface area contributed by atoms with Gasteiger partial charge in [-0.1, -0.05) is 26.0 Å². The number of hydrogen-bond donors (Lipinski definition) is 0. The Kier molecular flexibility index (Phi) is 5.28. The number of hydrogen-bond acceptors (Lipinski definition) is 5. The topological polar surface area (TPSA) is 80.8 Å². The predicted molar refractivity (Wildman–Crippen MR) is 109 cm³/mol. The predicted octanol–water partition coefficient (Wildman–Crippen LogP) is 3.09. The lowest BCUT2D eigenvalue weighted by Gasteiger charge is -2.28. The Bertz CT molecular complexity index is 892. The van der Waals surface area contributed by atoms with E-state index in [1.165, 1.54) is 0 Å². The van der Waals surface area contributed by atoms with E-state index in [1.807, 2.05) is 19.9 Å². The highest BCUT2D eigenvalue weighted by molar-refractivity contribution is 6.09. The molecule has 3 fully saturated rings. The number of rotatable bonds is 6. The fourth-order valence-electron chi connectivity index (χ4n) is 5.60. The molecule has 4 rings (SSSR count). The van der Waals surface area contributed by atoms with Crippen molar-refractivity contribution in [2.24, 2.45) is 29.6 Å². The second-order valence-electron chi connectivity index (χ2n) is 9.45. The first-order valence-corrected chi connectivity index (χ1v) is 10.8. The molecule has 1 heterocycles. The van der Waals surface area contributed by atoms with Crippen molar-refractivity contribution in [1.29, 1.82) is 0 Å². The molecule has 0 radical (unpaired) electrons. The number of ketones is 1. The van der Waals surface area contributed by atoms with Crippen LogP contribution in [-0.2, 0) is 19.1 Å². The van der Waals surface area contributed by atoms with E-state index >= 15 is 0 Å². The smallest absolute Gasteiger partial charge is 0.330 e. The van der Waals surface area contributed by atoms with Gasteiger partial charge in [0.15, 0.2) is 12.4 Å². The number of aryl methyl sites for hydroxylation is 2. The molecule has 0 aromatic heterocycles. The van der Waals surface area contributed by atoms with E-state index in [1.54, 1.807) is 26.0 Å². The number of carbonyl (C=O) groups is 4. The van der Waals surface area contributed by atoms with Crippen molar-refractivity contribution in [1.82, 2.24) is 4.90 Å². The second-order valence-corrected chi connectivity index (χ2v) is 9.45. The van der Waals surface area contributed by atoms with Gasteiger partial charge in [-0.3, -0.25) is 19.3 Å². The third kappa shape index (κ3) is 3.26. The highest BCUT2D eigenvalue weighted by Crippen LogP contribution is 2.56. The number of ether oxygens (including phenoxy) is 1. The summed E-state index contributed by atoms with van der Waals surface area (Å²) in [5.41, 5.74) is 2.54. The van der Waals surface area contributed by atoms with Crippen molar-refractivity contribution in [3.8, 4) is 0 Å². The quantitative estimate of drug-likeness (QED) is 0.408. The molecule has 0 N–H and O–H groups in total. The molecular weight excluding hydrogens is 382 g/mol. The molecule has 1 saturated heterocycles. The molecular formula is C24H29NO5. The third-order valence-electron chi connectivity index (χ3n) is 7.29. The number of amides is 2. The van der Waals surface area contributed by atoms with Crippen LogP contribution in [0.25, 0.3) is 0 Å². The maximum absolute atomic E-state index is 13.1. The first-order valence-electron chi connectivity index (χ1n) is 10.8. The van der Waals surface area contributed by atoms with Gasteiger partial charge in [-0.15, -0.1) is 0 Å². The van der Waals surface area contributed by atoms with Gasteiger partial charge in [-0.05, 0) is 68.1 Å². The van der Waals surface area contributed by atoms with Gasteiger partial charge in [0.25, 0.3) is 0 Å². The Morgan fingerprint density at radius 3 is 2.17 bits per heavy atom. The number of esters is 1. The SMILES string of the molecule is Cc1ccc(C(=O)COC(=O)[C@@H](C(C)C)N2C(=O)[C@H]3[C@H]4CC[C@@H](C4)[C@@H]3C2=O)cc1C. The van der Waals surface area contributed by atoms with Gasteiger partial charge in [0.2, 0.25) is 11.8 Å². The standard InChI is InChI=1S/C24H29NO5/c1-12(2)21(24(29)30-11-18(26)15-6-5-13(3)14(4)9-15)25-22(27)19-16-7-8-17(10-16)20(19)23(25)28/h5-6,9,12,16-17,19-21H,7-8,10-11H2,1-4H3/t16-,17-,19-,20-,21+/m0/s1. The van der Waals surface area contributed by atoms with Crippen LogP contribution in [0.2, 0.25) is 0 Å². The molecule has 6 nitrogen and oxygen atoms in total. The van der Waals surface area contributed by atoms with Gasteiger partial charge in [-0.2, -0.15) is 0 Å². The Balaban J connectivity index is 1.47. The summed E-state index contributed by atoms with van der Waals surface area (Å²) in [6.07, 6.45) is 2.92. The maximum Gasteiger partial charge on any atom is 0.330 e. The molecule has 1 aliphatic heterocycles. The Hall–Kier alpha value is -2.50. The van der Waals surface area contributed by atoms with Crippen LogP contribution in [-0.4, -0.2) is 41.1 Å². The minimum absolute atomic E-state index is 0.228. The Morgan fingerprint density at radius 1 is 1.03 bits per heavy atom. The van der Waals surface area contributed by atoms with Gasteiger partial charge in [0.05, 0.1) is 11.8 Å². The van der Waals surface area contributed by atoms with Crippen LogP contribution in [0.15, 0.2) is 18.2 Å². The zero-order chi connectivity index (χ0) is 21.7. The monoisotopic (exact) mass is 411 g/mol. The number of fused-ring (bicyclic) bond motifs is 5. The van der Waals surface area contributed by atoms with Crippen LogP contribution in [0.5, 0.6) is 0 Å². The first-order chi connectivity index (χ1) is 14.2. The van der Waals surface area contributed by atoms with E-state index in [2.05, 4.69) is 0 Å². The van der Waals surface area contributed by atoms with Gasteiger partial charge in [0.1, 0.15) is 6.04 Å². The molecule has 2 aliphatic carbocycles. The molecule has 0 spiro atoms. The average Bonchev–Trinajstić information content (AvgIpc) is 3.38. The largest absolute Gasteiger partial charge is 0.456 e. The van der Waals surface area contributed by atoms with Crippen molar-refractivity contribution >= 4 is 23.6 Å². The van der Waals surface area contributed by atoms with Crippen LogP contribution in [0.3, 0.4) is 0 Å². The van der Waals surface area contributed by atoms with Crippen LogP contribution in [0.4, 0.5) is 0 Å². The van der Waals surface area contributed by atoms with Crippen LogP contribution in [0.1, 0.15) is 54.6 Å². The number of benzene rings is 1. The Labute approximate surface area is 177 Å². The lowest BCUT2D eigenvalue weighted by atomic mass is 9.81. The van der Waals surface area contributed by atoms with E-state index < -0.39 is 18.6 Å². The highest BCUT2D eigenvalue weighted by atomic mass is 16.5. The third-order valence-corrected chi connectivity index (χ3v) is 7.29. The highest BCUT2D eigenvalue weighted by Gasteiger charge is 2.62. The molecule has 2 amide bonds. The number of carbonyl (C=O) groups excluding carboxylic acids is 4. The minimum atomic E-state index is -0.984. The Morgan fingerprint density at radius 2 is 1.63 bits per heavy atom. The molecule has 3 aliphatic rings. The summed E-state index contributed by atoms with van der Waals surface area (Å²) >= 11 is 0. The van der Waals surface area contributed by atoms with Crippen molar-refractivity contribution in [2.45, 2.75) is 53.0 Å². The van der Waals surface area contributed by atoms with Crippen molar-refractivity contribution in [3.05, 3.63) is 34.9 Å². The molecule has 5 atom stereocenters. The molecule has 30 heavy (non-hydrogen) atoms. The lowest BCUT2D eigenvalue weighted by Crippen LogP contribution is -2.50. The summed E-state index contributed by atoms with van der Waals surface area (Å²) in [7, 11) is 0. The normalized spacial score (nSPS) is 28.2. The van der Waals surface area contributed by atoms with E-state index in [9.17, 15) is 19.2 Å². The molecule has 2 saturated carbocycles. The summed E-state index contributed by atoms with van der Waals surface area (Å²) < 4.78 is 5.32. The summed E-state index contributed by atoms with van der Waals surface area (Å²) in [6.45, 7) is 7.06. The van der Waals surface area contributed by atoms with Gasteiger partial charge in [0, 0.05) is 5.56 Å². The van der Waals surface area contributed by atoms with Crippen LogP contribution >= 0.6 is 0 Å². The average molecular weight is 411 g/mol. The van der Waals surface area contributed by atoms with E-state index in [0.29, 0.717) is 5.56 Å². The zero-order valence-electron chi connectivity index (χ0n) is 18.0. The molecule has 1 aromatic carbocycles. The molecule has 1 aromatic rings. The van der Waals surface area contributed by atoms with Crippen LogP contribution < -0.4 is 0 Å². The maximum atomic E-state index is 13.1. The second kappa shape index (κ2) is 7.64. The summed E-state index contributed by atoms with van der Waals surface area (Å²) in [5.74, 6) is -1.77. The minimum Gasteiger partial charge on any atom is -0.456 e. The number of imide groups is 1. The fourth-order valence-corrected chi connectivity index (χ4v) is 5.60. The molecule has 160 valence electrons. The summed E-state index contributed by atoms with van der Waals surface area (Å²) in [5, 5.41) is 0. The fraction of sp³-hybridized carbons (Fsp3) is 0.583. The van der Waals surface area contributed by atoms with E-state index in [0.717, 1.165) is 35.3 Å². The molecule has 0 unspecified atom stereocenters. The van der Waals surface area contributed by atoms with Crippen molar-refractivity contribution < 1.29 is 23.9 Å².